The van der Waals surface area contributed by atoms with Gasteiger partial charge in [0, 0.05) is 24.1 Å². The maximum Gasteiger partial charge on any atom is 0.416 e. The van der Waals surface area contributed by atoms with E-state index >= 15 is 0 Å². The molecule has 0 radical (unpaired) electrons. The Balaban J connectivity index is 1.51. The topological polar surface area (TPSA) is 85.2 Å². The van der Waals surface area contributed by atoms with Crippen molar-refractivity contribution >= 4 is 17.9 Å². The van der Waals surface area contributed by atoms with Crippen molar-refractivity contribution in [1.82, 2.24) is 19.5 Å². The average molecular weight is 418 g/mol. The van der Waals surface area contributed by atoms with Gasteiger partial charge in [-0.05, 0) is 25.1 Å². The molecule has 11 heteroatoms. The SMILES string of the molecule is C[C@H](Nc1nccc(N2C(=O)OC[C@@H]2CF)n1)c1cn(-c2ccc(F)c(F)c2)cn1. The van der Waals surface area contributed by atoms with Crippen molar-refractivity contribution in [1.29, 1.82) is 0 Å². The van der Waals surface area contributed by atoms with Gasteiger partial charge < -0.3 is 14.6 Å². The van der Waals surface area contributed by atoms with Gasteiger partial charge in [0.2, 0.25) is 5.95 Å². The van der Waals surface area contributed by atoms with E-state index in [9.17, 15) is 18.0 Å². The molecule has 0 aliphatic carbocycles. The van der Waals surface area contributed by atoms with Crippen molar-refractivity contribution in [3.05, 3.63) is 60.3 Å². The van der Waals surface area contributed by atoms with Gasteiger partial charge in [0.05, 0.1) is 18.1 Å². The van der Waals surface area contributed by atoms with E-state index in [2.05, 4.69) is 20.3 Å². The van der Waals surface area contributed by atoms with Crippen LogP contribution in [0.25, 0.3) is 5.69 Å². The third-order valence-electron chi connectivity index (χ3n) is 4.62. The smallest absolute Gasteiger partial charge is 0.416 e. The Kier molecular flexibility index (Phi) is 5.25. The first kappa shape index (κ1) is 19.7. The molecule has 30 heavy (non-hydrogen) atoms. The molecule has 3 heterocycles. The van der Waals surface area contributed by atoms with E-state index in [0.29, 0.717) is 11.4 Å². The lowest BCUT2D eigenvalue weighted by molar-refractivity contribution is 0.177. The van der Waals surface area contributed by atoms with E-state index < -0.39 is 30.4 Å². The Morgan fingerprint density at radius 2 is 2.10 bits per heavy atom. The van der Waals surface area contributed by atoms with E-state index in [1.165, 1.54) is 24.7 Å². The fourth-order valence-corrected chi connectivity index (χ4v) is 3.02. The second-order valence-electron chi connectivity index (χ2n) is 6.66. The van der Waals surface area contributed by atoms with Gasteiger partial charge in [-0.15, -0.1) is 0 Å². The predicted molar refractivity (Wildman–Crippen MR) is 101 cm³/mol. The fourth-order valence-electron chi connectivity index (χ4n) is 3.02. The van der Waals surface area contributed by atoms with Gasteiger partial charge in [0.25, 0.3) is 0 Å². The van der Waals surface area contributed by atoms with Crippen LogP contribution in [0.15, 0.2) is 43.0 Å². The standard InChI is InChI=1S/C19H17F3N6O2/c1-11(16-8-27(10-24-16)12-2-3-14(21)15(22)6-12)25-18-23-5-4-17(26-18)28-13(7-20)9-30-19(28)29/h2-6,8,10-11,13H,7,9H2,1H3,(H,23,25,26)/t11-,13-/m0/s1. The van der Waals surface area contributed by atoms with Crippen LogP contribution >= 0.6 is 0 Å². The van der Waals surface area contributed by atoms with Crippen LogP contribution in [0.3, 0.4) is 0 Å². The molecule has 0 spiro atoms. The van der Waals surface area contributed by atoms with Gasteiger partial charge in [-0.25, -0.2) is 27.9 Å². The van der Waals surface area contributed by atoms with Gasteiger partial charge in [0.1, 0.15) is 25.1 Å². The third-order valence-corrected chi connectivity index (χ3v) is 4.62. The number of rotatable bonds is 6. The van der Waals surface area contributed by atoms with Crippen LogP contribution in [0.5, 0.6) is 0 Å². The predicted octanol–water partition coefficient (Wildman–Crippen LogP) is 3.41. The summed E-state index contributed by atoms with van der Waals surface area (Å²) in [7, 11) is 0. The molecule has 156 valence electrons. The maximum atomic E-state index is 13.5. The van der Waals surface area contributed by atoms with E-state index in [1.807, 2.05) is 6.92 Å². The number of nitrogens with one attached hydrogen (secondary N) is 1. The molecule has 2 atom stereocenters. The van der Waals surface area contributed by atoms with Crippen molar-refractivity contribution in [3.8, 4) is 5.69 Å². The molecule has 1 aliphatic rings. The first-order valence-electron chi connectivity index (χ1n) is 9.07. The van der Waals surface area contributed by atoms with Gasteiger partial charge >= 0.3 is 6.09 Å². The summed E-state index contributed by atoms with van der Waals surface area (Å²) >= 11 is 0. The van der Waals surface area contributed by atoms with Crippen LogP contribution in [0.4, 0.5) is 29.7 Å². The highest BCUT2D eigenvalue weighted by atomic mass is 19.2. The lowest BCUT2D eigenvalue weighted by atomic mass is 10.2. The van der Waals surface area contributed by atoms with Crippen molar-refractivity contribution in [2.45, 2.75) is 19.0 Å². The van der Waals surface area contributed by atoms with Gasteiger partial charge in [-0.3, -0.25) is 4.90 Å². The van der Waals surface area contributed by atoms with Crippen LogP contribution < -0.4 is 10.2 Å². The van der Waals surface area contributed by atoms with E-state index in [-0.39, 0.29) is 24.4 Å². The highest BCUT2D eigenvalue weighted by Crippen LogP contribution is 2.24. The number of anilines is 2. The molecule has 1 N–H and O–H groups in total. The Morgan fingerprint density at radius 3 is 2.87 bits per heavy atom. The summed E-state index contributed by atoms with van der Waals surface area (Å²) in [5, 5.41) is 3.05. The summed E-state index contributed by atoms with van der Waals surface area (Å²) in [4.78, 5) is 25.7. The molecule has 1 fully saturated rings. The zero-order valence-corrected chi connectivity index (χ0v) is 15.8. The minimum atomic E-state index is -0.953. The number of nitrogens with zero attached hydrogens (tertiary/aromatic N) is 5. The number of aromatic nitrogens is 4. The number of benzene rings is 1. The summed E-state index contributed by atoms with van der Waals surface area (Å²) in [5.41, 5.74) is 1.01. The molecule has 4 rings (SSSR count). The van der Waals surface area contributed by atoms with Crippen LogP contribution in [0, 0.1) is 11.6 Å². The zero-order chi connectivity index (χ0) is 21.3. The van der Waals surface area contributed by atoms with Crippen molar-refractivity contribution in [3.63, 3.8) is 0 Å². The molecule has 3 aromatic rings. The highest BCUT2D eigenvalue weighted by Gasteiger charge is 2.35. The number of carbonyl (C=O) groups is 1. The first-order valence-corrected chi connectivity index (χ1v) is 9.07. The number of alkyl halides is 1. The molecule has 1 amide bonds. The third kappa shape index (κ3) is 3.78. The van der Waals surface area contributed by atoms with Crippen molar-refractivity contribution < 1.29 is 22.7 Å². The van der Waals surface area contributed by atoms with Crippen molar-refractivity contribution in [2.24, 2.45) is 0 Å². The van der Waals surface area contributed by atoms with E-state index in [1.54, 1.807) is 10.8 Å². The summed E-state index contributed by atoms with van der Waals surface area (Å²) in [6, 6.07) is 3.95. The molecule has 0 saturated carbocycles. The average Bonchev–Trinajstić information content (AvgIpc) is 3.37. The number of carbonyl (C=O) groups excluding carboxylic acids is 1. The molecule has 1 aliphatic heterocycles. The van der Waals surface area contributed by atoms with E-state index in [0.717, 1.165) is 17.0 Å². The Labute approximate surface area is 169 Å². The molecular formula is C19H17F3N6O2. The van der Waals surface area contributed by atoms with E-state index in [4.69, 9.17) is 4.74 Å². The minimum absolute atomic E-state index is 0.0417. The summed E-state index contributed by atoms with van der Waals surface area (Å²) < 4.78 is 46.2. The number of ether oxygens (including phenoxy) is 1. The van der Waals surface area contributed by atoms with Crippen LogP contribution in [-0.2, 0) is 4.74 Å². The minimum Gasteiger partial charge on any atom is -0.447 e. The monoisotopic (exact) mass is 418 g/mol. The molecule has 0 bridgehead atoms. The molecule has 1 aromatic carbocycles. The van der Waals surface area contributed by atoms with Crippen LogP contribution in [-0.4, -0.2) is 44.9 Å². The molecule has 0 unspecified atom stereocenters. The lowest BCUT2D eigenvalue weighted by Gasteiger charge is -2.19. The highest BCUT2D eigenvalue weighted by molar-refractivity contribution is 5.89. The maximum absolute atomic E-state index is 13.5. The Bertz CT molecular complexity index is 1080. The van der Waals surface area contributed by atoms with Gasteiger partial charge in [0.15, 0.2) is 11.6 Å². The summed E-state index contributed by atoms with van der Waals surface area (Å²) in [6.45, 7) is 1.01. The van der Waals surface area contributed by atoms with Crippen molar-refractivity contribution in [2.75, 3.05) is 23.5 Å². The fraction of sp³-hybridized carbons (Fsp3) is 0.263. The summed E-state index contributed by atoms with van der Waals surface area (Å²) in [6.07, 6.45) is 3.91. The Hall–Kier alpha value is -3.63. The number of hydrogen-bond acceptors (Lipinski definition) is 6. The zero-order valence-electron chi connectivity index (χ0n) is 15.8. The number of imidazole rings is 1. The first-order chi connectivity index (χ1) is 14.5. The lowest BCUT2D eigenvalue weighted by Crippen LogP contribution is -2.35. The molecule has 1 saturated heterocycles. The summed E-state index contributed by atoms with van der Waals surface area (Å²) in [5.74, 6) is -1.45. The quantitative estimate of drug-likeness (QED) is 0.661. The number of halogens is 3. The number of amides is 1. The van der Waals surface area contributed by atoms with Crippen LogP contribution in [0.1, 0.15) is 18.7 Å². The molecule has 2 aromatic heterocycles. The second-order valence-corrected chi connectivity index (χ2v) is 6.66. The van der Waals surface area contributed by atoms with Gasteiger partial charge in [-0.2, -0.15) is 4.98 Å². The van der Waals surface area contributed by atoms with Gasteiger partial charge in [-0.1, -0.05) is 0 Å². The second kappa shape index (κ2) is 8.01. The largest absolute Gasteiger partial charge is 0.447 e. The Morgan fingerprint density at radius 1 is 1.27 bits per heavy atom. The molecule has 8 nitrogen and oxygen atoms in total. The normalized spacial score (nSPS) is 17.1. The molecular weight excluding hydrogens is 401 g/mol. The van der Waals surface area contributed by atoms with Crippen LogP contribution in [0.2, 0.25) is 0 Å². The number of cyclic esters (lactones) is 1. The number of hydrogen-bond donors (Lipinski definition) is 1.